The lowest BCUT2D eigenvalue weighted by atomic mass is 10.1. The minimum Gasteiger partial charge on any atom is -0.408 e. The highest BCUT2D eigenvalue weighted by Gasteiger charge is 2.40. The van der Waals surface area contributed by atoms with E-state index >= 15 is 0 Å². The molecule has 0 unspecified atom stereocenters. The molecule has 0 radical (unpaired) electrons. The second kappa shape index (κ2) is 8.77. The average molecular weight is 301 g/mol. The summed E-state index contributed by atoms with van der Waals surface area (Å²) < 4.78 is 17.2. The number of rotatable bonds is 10. The van der Waals surface area contributed by atoms with Crippen LogP contribution in [-0.4, -0.2) is 34.4 Å². The van der Waals surface area contributed by atoms with Crippen LogP contribution in [0.25, 0.3) is 0 Å². The van der Waals surface area contributed by atoms with E-state index in [1.165, 1.54) is 0 Å². The van der Waals surface area contributed by atoms with Crippen molar-refractivity contribution in [3.8, 4) is 0 Å². The van der Waals surface area contributed by atoms with Crippen LogP contribution in [0.3, 0.4) is 0 Å². The highest BCUT2D eigenvalue weighted by molar-refractivity contribution is 6.74. The van der Waals surface area contributed by atoms with E-state index in [1.54, 1.807) is 7.11 Å². The van der Waals surface area contributed by atoms with Gasteiger partial charge in [-0.2, -0.15) is 0 Å². The molecule has 0 aliphatic carbocycles. The van der Waals surface area contributed by atoms with Gasteiger partial charge in [-0.25, -0.2) is 0 Å². The Hall–Kier alpha value is -0.423. The number of methoxy groups -OCH3 is 1. The van der Waals surface area contributed by atoms with Crippen LogP contribution in [-0.2, 0) is 13.9 Å². The van der Waals surface area contributed by atoms with Crippen molar-refractivity contribution in [1.82, 2.24) is 0 Å². The summed E-state index contributed by atoms with van der Waals surface area (Å²) in [6.45, 7) is 19.1. The minimum absolute atomic E-state index is 0.0421. The molecule has 118 valence electrons. The largest absolute Gasteiger partial charge is 0.408 e. The standard InChI is InChI=1S/C16H32O3Si/c1-9-11-12-15(18-13-17-6)14(10-2)19-20(7,8)16(3,4)5/h9-10,14-15H,1-2,11-13H2,3-8H3/t14-,15-/m1/s1. The van der Waals surface area contributed by atoms with E-state index < -0.39 is 8.32 Å². The van der Waals surface area contributed by atoms with Gasteiger partial charge < -0.3 is 13.9 Å². The molecule has 0 saturated carbocycles. The van der Waals surface area contributed by atoms with Gasteiger partial charge >= 0.3 is 0 Å². The fourth-order valence-corrected chi connectivity index (χ4v) is 2.85. The molecule has 0 heterocycles. The van der Waals surface area contributed by atoms with E-state index in [-0.39, 0.29) is 24.0 Å². The molecule has 0 saturated heterocycles. The molecule has 0 amide bonds. The first-order chi connectivity index (χ1) is 9.19. The Bertz CT molecular complexity index is 295. The Morgan fingerprint density at radius 3 is 2.20 bits per heavy atom. The lowest BCUT2D eigenvalue weighted by molar-refractivity contribution is -0.101. The summed E-state index contributed by atoms with van der Waals surface area (Å²) in [4.78, 5) is 0. The van der Waals surface area contributed by atoms with Crippen LogP contribution in [0, 0.1) is 0 Å². The van der Waals surface area contributed by atoms with Crippen molar-refractivity contribution in [2.75, 3.05) is 13.9 Å². The highest BCUT2D eigenvalue weighted by atomic mass is 28.4. The SMILES string of the molecule is C=CCC[C@@H](OCOC)[C@@H](C=C)O[Si](C)(C)C(C)(C)C. The predicted molar refractivity (Wildman–Crippen MR) is 88.4 cm³/mol. The first kappa shape index (κ1) is 19.6. The predicted octanol–water partition coefficient (Wildman–Crippen LogP) is 4.52. The van der Waals surface area contributed by atoms with Crippen molar-refractivity contribution < 1.29 is 13.9 Å². The normalized spacial score (nSPS) is 15.7. The molecule has 0 fully saturated rings. The lowest BCUT2D eigenvalue weighted by Crippen LogP contribution is -2.47. The first-order valence-corrected chi connectivity index (χ1v) is 10.1. The van der Waals surface area contributed by atoms with Crippen LogP contribution in [0.2, 0.25) is 18.1 Å². The van der Waals surface area contributed by atoms with Crippen molar-refractivity contribution in [3.63, 3.8) is 0 Å². The number of ether oxygens (including phenoxy) is 2. The van der Waals surface area contributed by atoms with Gasteiger partial charge in [0.2, 0.25) is 0 Å². The third-order valence-electron chi connectivity index (χ3n) is 3.89. The van der Waals surface area contributed by atoms with E-state index in [4.69, 9.17) is 13.9 Å². The molecule has 0 aliphatic rings. The summed E-state index contributed by atoms with van der Waals surface area (Å²) in [6.07, 6.45) is 5.35. The Balaban J connectivity index is 4.88. The Kier molecular flexibility index (Phi) is 8.59. The fourth-order valence-electron chi connectivity index (χ4n) is 1.57. The quantitative estimate of drug-likeness (QED) is 0.337. The van der Waals surface area contributed by atoms with Crippen molar-refractivity contribution in [2.45, 2.75) is 64.0 Å². The summed E-state index contributed by atoms with van der Waals surface area (Å²) >= 11 is 0. The van der Waals surface area contributed by atoms with Crippen LogP contribution in [0.4, 0.5) is 0 Å². The number of hydrogen-bond acceptors (Lipinski definition) is 3. The van der Waals surface area contributed by atoms with Crippen LogP contribution < -0.4 is 0 Å². The van der Waals surface area contributed by atoms with Gasteiger partial charge in [0.25, 0.3) is 0 Å². The summed E-state index contributed by atoms with van der Waals surface area (Å²) in [7, 11) is -0.221. The molecular formula is C16H32O3Si. The highest BCUT2D eigenvalue weighted by Crippen LogP contribution is 2.38. The molecule has 0 rings (SSSR count). The lowest BCUT2D eigenvalue weighted by Gasteiger charge is -2.40. The molecular weight excluding hydrogens is 268 g/mol. The van der Waals surface area contributed by atoms with E-state index in [2.05, 4.69) is 47.0 Å². The molecule has 2 atom stereocenters. The molecule has 4 heteroatoms. The molecule has 0 spiro atoms. The molecule has 0 bridgehead atoms. The van der Waals surface area contributed by atoms with Gasteiger partial charge in [0.05, 0.1) is 12.2 Å². The maximum Gasteiger partial charge on any atom is 0.193 e. The second-order valence-corrected chi connectivity index (χ2v) is 11.3. The Morgan fingerprint density at radius 2 is 1.80 bits per heavy atom. The second-order valence-electron chi connectivity index (χ2n) is 6.56. The molecule has 0 N–H and O–H groups in total. The van der Waals surface area contributed by atoms with Crippen molar-refractivity contribution in [1.29, 1.82) is 0 Å². The minimum atomic E-state index is -1.85. The summed E-state index contributed by atoms with van der Waals surface area (Å²) in [5.74, 6) is 0. The summed E-state index contributed by atoms with van der Waals surface area (Å²) in [5, 5.41) is 0.165. The molecule has 0 aliphatic heterocycles. The topological polar surface area (TPSA) is 27.7 Å². The molecule has 20 heavy (non-hydrogen) atoms. The van der Waals surface area contributed by atoms with Crippen LogP contribution in [0.5, 0.6) is 0 Å². The smallest absolute Gasteiger partial charge is 0.193 e. The molecule has 0 aromatic carbocycles. The summed E-state index contributed by atoms with van der Waals surface area (Å²) in [5.41, 5.74) is 0. The van der Waals surface area contributed by atoms with Crippen LogP contribution >= 0.6 is 0 Å². The van der Waals surface area contributed by atoms with Gasteiger partial charge in [-0.1, -0.05) is 32.9 Å². The zero-order chi connectivity index (χ0) is 15.8. The van der Waals surface area contributed by atoms with Gasteiger partial charge in [0, 0.05) is 7.11 Å². The maximum absolute atomic E-state index is 6.41. The zero-order valence-electron chi connectivity index (χ0n) is 14.1. The zero-order valence-corrected chi connectivity index (χ0v) is 15.1. The maximum atomic E-state index is 6.41. The van der Waals surface area contributed by atoms with Crippen LogP contribution in [0.15, 0.2) is 25.3 Å². The van der Waals surface area contributed by atoms with Crippen molar-refractivity contribution >= 4 is 8.32 Å². The fraction of sp³-hybridized carbons (Fsp3) is 0.750. The van der Waals surface area contributed by atoms with Gasteiger partial charge in [-0.15, -0.1) is 13.2 Å². The third kappa shape index (κ3) is 6.35. The number of hydrogen-bond donors (Lipinski definition) is 0. The monoisotopic (exact) mass is 300 g/mol. The van der Waals surface area contributed by atoms with E-state index in [0.29, 0.717) is 0 Å². The third-order valence-corrected chi connectivity index (χ3v) is 8.36. The number of allylic oxidation sites excluding steroid dienone is 1. The summed E-state index contributed by atoms with van der Waals surface area (Å²) in [6, 6.07) is 0. The Labute approximate surface area is 126 Å². The Morgan fingerprint density at radius 1 is 1.20 bits per heavy atom. The first-order valence-electron chi connectivity index (χ1n) is 7.21. The van der Waals surface area contributed by atoms with Gasteiger partial charge in [-0.3, -0.25) is 0 Å². The van der Waals surface area contributed by atoms with Crippen LogP contribution in [0.1, 0.15) is 33.6 Å². The van der Waals surface area contributed by atoms with Gasteiger partial charge in [-0.05, 0) is 31.0 Å². The van der Waals surface area contributed by atoms with Crippen molar-refractivity contribution in [2.24, 2.45) is 0 Å². The van der Waals surface area contributed by atoms with E-state index in [9.17, 15) is 0 Å². The molecule has 3 nitrogen and oxygen atoms in total. The average Bonchev–Trinajstić information content (AvgIpc) is 2.35. The van der Waals surface area contributed by atoms with E-state index in [0.717, 1.165) is 12.8 Å². The van der Waals surface area contributed by atoms with Gasteiger partial charge in [0.15, 0.2) is 8.32 Å². The molecule has 0 aromatic heterocycles. The molecule has 0 aromatic rings. The van der Waals surface area contributed by atoms with Crippen molar-refractivity contribution in [3.05, 3.63) is 25.3 Å². The van der Waals surface area contributed by atoms with Gasteiger partial charge in [0.1, 0.15) is 6.79 Å². The van der Waals surface area contributed by atoms with E-state index in [1.807, 2.05) is 12.2 Å².